The van der Waals surface area contributed by atoms with Gasteiger partial charge in [-0.3, -0.25) is 24.1 Å². The topological polar surface area (TPSA) is 156 Å². The zero-order valence-electron chi connectivity index (χ0n) is 22.3. The third-order valence-corrected chi connectivity index (χ3v) is 6.39. The number of likely N-dealkylation sites (tertiary alicyclic amines) is 1. The van der Waals surface area contributed by atoms with E-state index in [9.17, 15) is 24.0 Å². The van der Waals surface area contributed by atoms with Gasteiger partial charge in [0.25, 0.3) is 5.79 Å². The van der Waals surface area contributed by atoms with Crippen molar-refractivity contribution < 1.29 is 52.4 Å². The summed E-state index contributed by atoms with van der Waals surface area (Å²) in [6.45, 7) is 5.69. The van der Waals surface area contributed by atoms with Crippen LogP contribution in [0, 0.1) is 0 Å². The zero-order chi connectivity index (χ0) is 27.8. The second kappa shape index (κ2) is 13.7. The smallest absolute Gasteiger partial charge is 0.366 e. The predicted molar refractivity (Wildman–Crippen MR) is 126 cm³/mol. The lowest BCUT2D eigenvalue weighted by atomic mass is 9.84. The average molecular weight is 531 g/mol. The van der Waals surface area contributed by atoms with Crippen LogP contribution in [-0.4, -0.2) is 105 Å². The predicted octanol–water partition coefficient (Wildman–Crippen LogP) is 0.0767. The number of piperidine rings is 1. The fourth-order valence-corrected chi connectivity index (χ4v) is 4.91. The van der Waals surface area contributed by atoms with Crippen molar-refractivity contribution in [3.8, 4) is 0 Å². The number of amides is 1. The van der Waals surface area contributed by atoms with Crippen LogP contribution in [0.3, 0.4) is 0 Å². The SMILES string of the molecule is COC(=O)[C@@]1(OC)C[C@H](N2CCCCC2)[C@@H](NC(C)=O)[C@H]([C@H](OC(C)=O)[C@@H](COC(C)=O)OC(C)=O)O1. The van der Waals surface area contributed by atoms with Crippen molar-refractivity contribution in [3.05, 3.63) is 0 Å². The van der Waals surface area contributed by atoms with E-state index in [-0.39, 0.29) is 6.42 Å². The van der Waals surface area contributed by atoms with E-state index in [4.69, 9.17) is 28.4 Å². The molecule has 2 saturated heterocycles. The van der Waals surface area contributed by atoms with Gasteiger partial charge in [0, 0.05) is 47.3 Å². The van der Waals surface area contributed by atoms with Gasteiger partial charge in [-0.05, 0) is 25.9 Å². The van der Waals surface area contributed by atoms with Gasteiger partial charge >= 0.3 is 23.9 Å². The number of hydrogen-bond acceptors (Lipinski definition) is 12. The molecule has 2 aliphatic heterocycles. The molecule has 0 unspecified atom stereocenters. The Morgan fingerprint density at radius 1 is 0.946 bits per heavy atom. The maximum absolute atomic E-state index is 13.0. The lowest BCUT2D eigenvalue weighted by Crippen LogP contribution is -2.71. The van der Waals surface area contributed by atoms with Crippen LogP contribution in [0.15, 0.2) is 0 Å². The van der Waals surface area contributed by atoms with Gasteiger partial charge in [0.2, 0.25) is 5.91 Å². The van der Waals surface area contributed by atoms with Gasteiger partial charge in [-0.15, -0.1) is 0 Å². The highest BCUT2D eigenvalue weighted by molar-refractivity contribution is 5.78. The van der Waals surface area contributed by atoms with Crippen molar-refractivity contribution in [1.29, 1.82) is 0 Å². The van der Waals surface area contributed by atoms with E-state index < -0.39 is 72.6 Å². The maximum Gasteiger partial charge on any atom is 0.366 e. The number of nitrogens with one attached hydrogen (secondary N) is 1. The summed E-state index contributed by atoms with van der Waals surface area (Å²) in [7, 11) is 2.46. The van der Waals surface area contributed by atoms with Crippen LogP contribution in [-0.2, 0) is 52.4 Å². The molecule has 2 aliphatic rings. The molecule has 2 rings (SSSR count). The summed E-state index contributed by atoms with van der Waals surface area (Å²) in [5, 5.41) is 2.87. The number of methoxy groups -OCH3 is 2. The Balaban J connectivity index is 2.66. The second-order valence-corrected chi connectivity index (χ2v) is 9.15. The van der Waals surface area contributed by atoms with Gasteiger partial charge in [0.1, 0.15) is 12.7 Å². The van der Waals surface area contributed by atoms with Gasteiger partial charge in [-0.1, -0.05) is 6.42 Å². The van der Waals surface area contributed by atoms with E-state index in [1.54, 1.807) is 0 Å². The summed E-state index contributed by atoms with van der Waals surface area (Å²) in [4.78, 5) is 63.2. The quantitative estimate of drug-likeness (QED) is 0.300. The van der Waals surface area contributed by atoms with E-state index in [2.05, 4.69) is 10.2 Å². The highest BCUT2D eigenvalue weighted by Crippen LogP contribution is 2.38. The molecule has 1 N–H and O–H groups in total. The van der Waals surface area contributed by atoms with Gasteiger partial charge in [0.05, 0.1) is 13.2 Å². The minimum absolute atomic E-state index is 0.00654. The lowest BCUT2D eigenvalue weighted by Gasteiger charge is -2.52. The molecule has 0 spiro atoms. The van der Waals surface area contributed by atoms with Gasteiger partial charge in [-0.2, -0.15) is 0 Å². The molecule has 6 atom stereocenters. The molecule has 13 nitrogen and oxygen atoms in total. The number of hydrogen-bond donors (Lipinski definition) is 1. The van der Waals surface area contributed by atoms with Crippen molar-refractivity contribution in [1.82, 2.24) is 10.2 Å². The Bertz CT molecular complexity index is 845. The standard InChI is InChI=1S/C24H38N2O11/c1-14(27)25-20-18(26-10-8-7-9-11-26)12-24(33-6,23(31)32-5)37-22(20)21(36-17(4)30)19(35-16(3)29)13-34-15(2)28/h18-22H,7-13H2,1-6H3,(H,25,27)/t18-,19+,20+,21+,22+,24+/m0/s1. The van der Waals surface area contributed by atoms with Crippen LogP contribution in [0.4, 0.5) is 0 Å². The van der Waals surface area contributed by atoms with Crippen LogP contribution < -0.4 is 5.32 Å². The molecule has 0 aromatic heterocycles. The van der Waals surface area contributed by atoms with Gasteiger partial charge in [-0.25, -0.2) is 4.79 Å². The van der Waals surface area contributed by atoms with Gasteiger partial charge in [0.15, 0.2) is 12.2 Å². The summed E-state index contributed by atoms with van der Waals surface area (Å²) >= 11 is 0. The Morgan fingerprint density at radius 3 is 2.05 bits per heavy atom. The summed E-state index contributed by atoms with van der Waals surface area (Å²) in [5.41, 5.74) is 0. The number of ether oxygens (including phenoxy) is 6. The first-order valence-electron chi connectivity index (χ1n) is 12.2. The highest BCUT2D eigenvalue weighted by Gasteiger charge is 2.58. The summed E-state index contributed by atoms with van der Waals surface area (Å²) in [6, 6.07) is -1.34. The first-order chi connectivity index (χ1) is 17.4. The molecule has 13 heteroatoms. The molecular weight excluding hydrogens is 492 g/mol. The van der Waals surface area contributed by atoms with Crippen LogP contribution >= 0.6 is 0 Å². The minimum Gasteiger partial charge on any atom is -0.465 e. The Labute approximate surface area is 216 Å². The largest absolute Gasteiger partial charge is 0.465 e. The number of rotatable bonds is 10. The lowest BCUT2D eigenvalue weighted by molar-refractivity contribution is -0.302. The van der Waals surface area contributed by atoms with Crippen molar-refractivity contribution in [2.75, 3.05) is 33.9 Å². The monoisotopic (exact) mass is 530 g/mol. The molecule has 0 aromatic rings. The van der Waals surface area contributed by atoms with E-state index >= 15 is 0 Å². The Hall–Kier alpha value is -2.77. The molecule has 0 radical (unpaired) electrons. The molecule has 2 fully saturated rings. The van der Waals surface area contributed by atoms with E-state index in [0.29, 0.717) is 13.1 Å². The first kappa shape index (κ1) is 30.5. The third-order valence-electron chi connectivity index (χ3n) is 6.39. The third kappa shape index (κ3) is 8.11. The van der Waals surface area contributed by atoms with Crippen molar-refractivity contribution in [2.24, 2.45) is 0 Å². The van der Waals surface area contributed by atoms with Crippen molar-refractivity contribution in [2.45, 2.75) is 89.6 Å². The van der Waals surface area contributed by atoms with Crippen LogP contribution in [0.5, 0.6) is 0 Å². The van der Waals surface area contributed by atoms with E-state index in [1.165, 1.54) is 28.1 Å². The zero-order valence-corrected chi connectivity index (χ0v) is 22.3. The number of esters is 4. The maximum atomic E-state index is 13.0. The molecular formula is C24H38N2O11. The van der Waals surface area contributed by atoms with Crippen LogP contribution in [0.25, 0.3) is 0 Å². The number of nitrogens with zero attached hydrogens (tertiary/aromatic N) is 1. The van der Waals surface area contributed by atoms with Crippen molar-refractivity contribution in [3.63, 3.8) is 0 Å². The summed E-state index contributed by atoms with van der Waals surface area (Å²) in [5.74, 6) is -5.29. The van der Waals surface area contributed by atoms with Crippen molar-refractivity contribution >= 4 is 29.8 Å². The van der Waals surface area contributed by atoms with Crippen LogP contribution in [0.2, 0.25) is 0 Å². The molecule has 210 valence electrons. The molecule has 1 amide bonds. The minimum atomic E-state index is -1.92. The molecule has 0 aliphatic carbocycles. The van der Waals surface area contributed by atoms with Crippen LogP contribution in [0.1, 0.15) is 53.4 Å². The van der Waals surface area contributed by atoms with Gasteiger partial charge < -0.3 is 33.7 Å². The Kier molecular flexibility index (Phi) is 11.3. The average Bonchev–Trinajstić information content (AvgIpc) is 2.84. The summed E-state index contributed by atoms with van der Waals surface area (Å²) < 4.78 is 32.8. The fraction of sp³-hybridized carbons (Fsp3) is 0.792. The number of carbonyl (C=O) groups is 5. The second-order valence-electron chi connectivity index (χ2n) is 9.15. The normalized spacial score (nSPS) is 27.8. The molecule has 0 saturated carbocycles. The molecule has 2 heterocycles. The molecule has 37 heavy (non-hydrogen) atoms. The fourth-order valence-electron chi connectivity index (χ4n) is 4.91. The molecule has 0 bridgehead atoms. The summed E-state index contributed by atoms with van der Waals surface area (Å²) in [6.07, 6.45) is -1.14. The Morgan fingerprint density at radius 2 is 1.57 bits per heavy atom. The first-order valence-corrected chi connectivity index (χ1v) is 12.2. The number of carbonyl (C=O) groups excluding carboxylic acids is 5. The highest BCUT2D eigenvalue weighted by atomic mass is 16.7. The van der Waals surface area contributed by atoms with E-state index in [0.717, 1.165) is 33.1 Å². The molecule has 0 aromatic carbocycles. The van der Waals surface area contributed by atoms with E-state index in [1.807, 2.05) is 0 Å².